The first kappa shape index (κ1) is 11.5. The molecule has 1 rings (SSSR count). The molecule has 0 aliphatic rings. The quantitative estimate of drug-likeness (QED) is 0.673. The topological polar surface area (TPSA) is 96.0 Å². The molecule has 1 unspecified atom stereocenters. The van der Waals surface area contributed by atoms with E-state index in [1.807, 2.05) is 13.8 Å². The van der Waals surface area contributed by atoms with Crippen LogP contribution in [0.3, 0.4) is 0 Å². The summed E-state index contributed by atoms with van der Waals surface area (Å²) in [6.45, 7) is 3.92. The molecule has 15 heavy (non-hydrogen) atoms. The van der Waals surface area contributed by atoms with Crippen molar-refractivity contribution in [3.63, 3.8) is 0 Å². The van der Waals surface area contributed by atoms with Gasteiger partial charge in [0.1, 0.15) is 6.04 Å². The number of hydrogen-bond donors (Lipinski definition) is 2. The zero-order chi connectivity index (χ0) is 11.6. The van der Waals surface area contributed by atoms with Crippen LogP contribution in [-0.4, -0.2) is 21.1 Å². The van der Waals surface area contributed by atoms with Crippen LogP contribution in [0.15, 0.2) is 17.2 Å². The number of aromatic nitrogens is 2. The second-order valence-electron chi connectivity index (χ2n) is 3.74. The van der Waals surface area contributed by atoms with E-state index in [4.69, 9.17) is 11.5 Å². The third-order valence-electron chi connectivity index (χ3n) is 2.19. The lowest BCUT2D eigenvalue weighted by Crippen LogP contribution is -2.42. The molecule has 0 fully saturated rings. The van der Waals surface area contributed by atoms with Crippen molar-refractivity contribution in [3.05, 3.63) is 22.9 Å². The molecule has 1 aromatic heterocycles. The second-order valence-corrected chi connectivity index (χ2v) is 3.74. The summed E-state index contributed by atoms with van der Waals surface area (Å²) in [5, 5.41) is 0. The molecule has 6 nitrogen and oxygen atoms in total. The van der Waals surface area contributed by atoms with Gasteiger partial charge >= 0.3 is 5.69 Å². The molecule has 0 aliphatic heterocycles. The van der Waals surface area contributed by atoms with Crippen LogP contribution in [0.5, 0.6) is 0 Å². The van der Waals surface area contributed by atoms with Gasteiger partial charge in [0.25, 0.3) is 0 Å². The van der Waals surface area contributed by atoms with Crippen LogP contribution in [0.1, 0.15) is 19.9 Å². The zero-order valence-electron chi connectivity index (χ0n) is 8.88. The van der Waals surface area contributed by atoms with Crippen molar-refractivity contribution in [1.29, 1.82) is 0 Å². The summed E-state index contributed by atoms with van der Waals surface area (Å²) in [5.41, 5.74) is 10.3. The van der Waals surface area contributed by atoms with Crippen molar-refractivity contribution in [1.82, 2.24) is 9.13 Å². The highest BCUT2D eigenvalue weighted by atomic mass is 16.2. The molecule has 1 heterocycles. The Bertz CT molecular complexity index is 404. The number of hydrogen-bond acceptors (Lipinski definition) is 3. The fourth-order valence-electron chi connectivity index (χ4n) is 1.26. The third-order valence-corrected chi connectivity index (χ3v) is 2.19. The van der Waals surface area contributed by atoms with Gasteiger partial charge < -0.3 is 11.5 Å². The molecule has 1 amide bonds. The van der Waals surface area contributed by atoms with E-state index in [0.717, 1.165) is 0 Å². The number of nitrogens with two attached hydrogens (primary N) is 2. The smallest absolute Gasteiger partial charge is 0.328 e. The molecule has 1 atom stereocenters. The molecule has 0 spiro atoms. The number of nitrogens with zero attached hydrogens (tertiary/aromatic N) is 2. The first-order chi connectivity index (χ1) is 6.93. The van der Waals surface area contributed by atoms with E-state index < -0.39 is 11.9 Å². The molecule has 6 heteroatoms. The normalized spacial score (nSPS) is 13.1. The molecular weight excluding hydrogens is 196 g/mol. The molecule has 0 radical (unpaired) electrons. The van der Waals surface area contributed by atoms with E-state index in [0.29, 0.717) is 0 Å². The Balaban J connectivity index is 2.89. The summed E-state index contributed by atoms with van der Waals surface area (Å²) >= 11 is 0. The van der Waals surface area contributed by atoms with E-state index >= 15 is 0 Å². The van der Waals surface area contributed by atoms with Crippen molar-refractivity contribution in [2.24, 2.45) is 11.5 Å². The van der Waals surface area contributed by atoms with Gasteiger partial charge in [0, 0.05) is 18.4 Å². The van der Waals surface area contributed by atoms with Crippen molar-refractivity contribution in [2.75, 3.05) is 0 Å². The molecule has 1 aromatic rings. The minimum absolute atomic E-state index is 0.0866. The lowest BCUT2D eigenvalue weighted by molar-refractivity contribution is -0.119. The Hall–Kier alpha value is -1.56. The summed E-state index contributed by atoms with van der Waals surface area (Å²) in [7, 11) is 0. The van der Waals surface area contributed by atoms with E-state index in [-0.39, 0.29) is 18.3 Å². The van der Waals surface area contributed by atoms with E-state index in [9.17, 15) is 9.59 Å². The highest BCUT2D eigenvalue weighted by molar-refractivity contribution is 5.79. The van der Waals surface area contributed by atoms with Crippen molar-refractivity contribution >= 4 is 5.91 Å². The van der Waals surface area contributed by atoms with Crippen LogP contribution in [0.25, 0.3) is 0 Å². The number of primary amides is 1. The first-order valence-electron chi connectivity index (χ1n) is 4.75. The fraction of sp³-hybridized carbons (Fsp3) is 0.556. The van der Waals surface area contributed by atoms with Gasteiger partial charge in [-0.25, -0.2) is 4.79 Å². The molecule has 0 aromatic carbocycles. The van der Waals surface area contributed by atoms with Crippen LogP contribution in [-0.2, 0) is 11.3 Å². The lowest BCUT2D eigenvalue weighted by atomic mass is 10.3. The SMILES string of the molecule is CC(C)n1ccn(CC(N)C(N)=O)c1=O. The Labute approximate surface area is 87.5 Å². The number of imidazole rings is 1. The van der Waals surface area contributed by atoms with Gasteiger partial charge in [-0.1, -0.05) is 0 Å². The molecule has 84 valence electrons. The number of amides is 1. The molecule has 0 saturated carbocycles. The van der Waals surface area contributed by atoms with Crippen molar-refractivity contribution in [3.8, 4) is 0 Å². The van der Waals surface area contributed by atoms with Crippen molar-refractivity contribution < 1.29 is 4.79 Å². The summed E-state index contributed by atoms with van der Waals surface area (Å²) in [5.74, 6) is -0.612. The monoisotopic (exact) mass is 212 g/mol. The Morgan fingerprint density at radius 3 is 2.47 bits per heavy atom. The Kier molecular flexibility index (Phi) is 3.31. The van der Waals surface area contributed by atoms with Crippen LogP contribution in [0, 0.1) is 0 Å². The summed E-state index contributed by atoms with van der Waals surface area (Å²) < 4.78 is 2.95. The van der Waals surface area contributed by atoms with Crippen molar-refractivity contribution in [2.45, 2.75) is 32.5 Å². The second kappa shape index (κ2) is 4.31. The summed E-state index contributed by atoms with van der Waals surface area (Å²) in [6, 6.07) is -0.741. The average Bonchev–Trinajstić information content (AvgIpc) is 2.48. The van der Waals surface area contributed by atoms with Gasteiger partial charge in [0.2, 0.25) is 5.91 Å². The number of carbonyl (C=O) groups is 1. The van der Waals surface area contributed by atoms with Gasteiger partial charge in [-0.05, 0) is 13.8 Å². The maximum Gasteiger partial charge on any atom is 0.328 e. The summed E-state index contributed by atoms with van der Waals surface area (Å²) in [6.07, 6.45) is 3.27. The predicted molar refractivity (Wildman–Crippen MR) is 56.2 cm³/mol. The molecule has 0 bridgehead atoms. The van der Waals surface area contributed by atoms with Crippen LogP contribution < -0.4 is 17.2 Å². The van der Waals surface area contributed by atoms with Gasteiger partial charge in [0.05, 0.1) is 6.54 Å². The maximum absolute atomic E-state index is 11.7. The van der Waals surface area contributed by atoms with E-state index in [1.165, 1.54) is 4.57 Å². The summed E-state index contributed by atoms with van der Waals surface area (Å²) in [4.78, 5) is 22.4. The number of rotatable bonds is 4. The highest BCUT2D eigenvalue weighted by Crippen LogP contribution is 1.99. The molecule has 4 N–H and O–H groups in total. The Morgan fingerprint density at radius 1 is 1.47 bits per heavy atom. The minimum atomic E-state index is -0.828. The highest BCUT2D eigenvalue weighted by Gasteiger charge is 2.13. The number of carbonyl (C=O) groups excluding carboxylic acids is 1. The first-order valence-corrected chi connectivity index (χ1v) is 4.75. The van der Waals surface area contributed by atoms with Gasteiger partial charge in [-0.2, -0.15) is 0 Å². The van der Waals surface area contributed by atoms with Gasteiger partial charge in [-0.3, -0.25) is 13.9 Å². The van der Waals surface area contributed by atoms with Gasteiger partial charge in [-0.15, -0.1) is 0 Å². The van der Waals surface area contributed by atoms with E-state index in [2.05, 4.69) is 0 Å². The average molecular weight is 212 g/mol. The molecule has 0 saturated heterocycles. The largest absolute Gasteiger partial charge is 0.368 e. The van der Waals surface area contributed by atoms with Crippen LogP contribution >= 0.6 is 0 Å². The third kappa shape index (κ3) is 2.47. The maximum atomic E-state index is 11.7. The van der Waals surface area contributed by atoms with Gasteiger partial charge in [0.15, 0.2) is 0 Å². The van der Waals surface area contributed by atoms with Crippen LogP contribution in [0.4, 0.5) is 0 Å². The minimum Gasteiger partial charge on any atom is -0.368 e. The fourth-order valence-corrected chi connectivity index (χ4v) is 1.26. The Morgan fingerprint density at radius 2 is 2.07 bits per heavy atom. The predicted octanol–water partition coefficient (Wildman–Crippen LogP) is -0.957. The molecule has 0 aliphatic carbocycles. The zero-order valence-corrected chi connectivity index (χ0v) is 8.88. The van der Waals surface area contributed by atoms with E-state index in [1.54, 1.807) is 17.0 Å². The standard InChI is InChI=1S/C9H16N4O2/c1-6(2)13-4-3-12(9(13)15)5-7(10)8(11)14/h3-4,6-7H,5,10H2,1-2H3,(H2,11,14). The lowest BCUT2D eigenvalue weighted by Gasteiger charge is -2.08. The van der Waals surface area contributed by atoms with Crippen LogP contribution in [0.2, 0.25) is 0 Å². The molecular formula is C9H16N4O2.